The van der Waals surface area contributed by atoms with Crippen LogP contribution in [0.4, 0.5) is 11.4 Å². The third kappa shape index (κ3) is 3.51. The van der Waals surface area contributed by atoms with E-state index < -0.39 is 70.4 Å². The maximum Gasteiger partial charge on any atom is 0.340 e. The topological polar surface area (TPSA) is 225 Å². The molecule has 13 nitrogen and oxygen atoms in total. The Kier molecular flexibility index (Phi) is 5.47. The number of hydrogen-bond donors (Lipinski definition) is 5. The van der Waals surface area contributed by atoms with E-state index in [4.69, 9.17) is 20.9 Å². The third-order valence-corrected chi connectivity index (χ3v) is 8.10. The lowest BCUT2D eigenvalue weighted by atomic mass is 9.77. The van der Waals surface area contributed by atoms with Crippen LogP contribution >= 0.6 is 0 Å². The van der Waals surface area contributed by atoms with Crippen molar-refractivity contribution in [2.24, 2.45) is 0 Å². The highest BCUT2D eigenvalue weighted by atomic mass is 32.2. The van der Waals surface area contributed by atoms with Crippen LogP contribution in [-0.4, -0.2) is 44.4 Å². The fourth-order valence-corrected chi connectivity index (χ4v) is 6.27. The smallest absolute Gasteiger partial charge is 0.340 e. The minimum absolute atomic E-state index is 0.0805. The van der Waals surface area contributed by atoms with Crippen molar-refractivity contribution < 1.29 is 45.0 Å². The van der Waals surface area contributed by atoms with Gasteiger partial charge < -0.3 is 26.3 Å². The number of carbonyl (C=O) groups excluding carboxylic acids is 2. The number of rotatable bonds is 4. The summed E-state index contributed by atoms with van der Waals surface area (Å²) < 4.78 is 80.8. The third-order valence-electron chi connectivity index (χ3n) is 6.23. The van der Waals surface area contributed by atoms with Crippen LogP contribution in [0.1, 0.15) is 44.3 Å². The molecule has 1 amide bonds. The number of carbonyl (C=O) groups is 2. The Balaban J connectivity index is 1.94. The second-order valence-electron chi connectivity index (χ2n) is 8.46. The highest BCUT2D eigenvalue weighted by molar-refractivity contribution is 7.86. The minimum atomic E-state index is -5.08. The van der Waals surface area contributed by atoms with E-state index in [2.05, 4.69) is 5.32 Å². The normalized spacial score (nSPS) is 15.2. The van der Waals surface area contributed by atoms with Crippen LogP contribution in [-0.2, 0) is 30.6 Å². The number of anilines is 2. The van der Waals surface area contributed by atoms with Crippen molar-refractivity contribution in [2.75, 3.05) is 18.0 Å². The molecule has 0 aliphatic carbocycles. The summed E-state index contributed by atoms with van der Waals surface area (Å²) in [6.07, 6.45) is 0. The molecule has 5 rings (SSSR count). The number of ether oxygens (including phenoxy) is 2. The number of amides is 1. The molecule has 3 aromatic rings. The molecule has 2 aliphatic rings. The SMILES string of the molecule is CCNC(=O)c1ccc2c(c1)C(=O)OC21c2ccc(N)c(S(=O)(=O)O)c2Oc2c1ccc(N)c2S(=O)(=O)O. The van der Waals surface area contributed by atoms with Gasteiger partial charge in [0.1, 0.15) is 0 Å². The van der Waals surface area contributed by atoms with Gasteiger partial charge in [-0.2, -0.15) is 16.8 Å². The number of nitrogens with two attached hydrogens (primary N) is 2. The van der Waals surface area contributed by atoms with Crippen LogP contribution < -0.4 is 21.5 Å². The Labute approximate surface area is 215 Å². The molecule has 15 heteroatoms. The van der Waals surface area contributed by atoms with E-state index in [9.17, 15) is 35.5 Å². The summed E-state index contributed by atoms with van der Waals surface area (Å²) in [7, 11) is -10.2. The zero-order valence-electron chi connectivity index (χ0n) is 19.4. The second kappa shape index (κ2) is 8.16. The van der Waals surface area contributed by atoms with Gasteiger partial charge in [0.15, 0.2) is 26.9 Å². The zero-order valence-corrected chi connectivity index (χ0v) is 21.0. The first kappa shape index (κ1) is 25.5. The maximum atomic E-state index is 13.2. The second-order valence-corrected chi connectivity index (χ2v) is 11.2. The van der Waals surface area contributed by atoms with Crippen LogP contribution in [0.2, 0.25) is 0 Å². The first-order chi connectivity index (χ1) is 17.7. The van der Waals surface area contributed by atoms with E-state index in [1.807, 2.05) is 0 Å². The number of hydrogen-bond acceptors (Lipinski definition) is 10. The number of fused-ring (bicyclic) bond motifs is 6. The van der Waals surface area contributed by atoms with Gasteiger partial charge in [0.2, 0.25) is 0 Å². The van der Waals surface area contributed by atoms with Crippen molar-refractivity contribution in [2.45, 2.75) is 22.3 Å². The summed E-state index contributed by atoms with van der Waals surface area (Å²) >= 11 is 0. The van der Waals surface area contributed by atoms with Gasteiger partial charge in [-0.25, -0.2) is 4.79 Å². The molecule has 3 aromatic carbocycles. The Morgan fingerprint density at radius 2 is 1.39 bits per heavy atom. The quantitative estimate of drug-likeness (QED) is 0.174. The molecule has 0 bridgehead atoms. The minimum Gasteiger partial charge on any atom is -0.453 e. The van der Waals surface area contributed by atoms with Crippen LogP contribution in [0, 0.1) is 0 Å². The van der Waals surface area contributed by atoms with Crippen LogP contribution in [0.15, 0.2) is 52.3 Å². The fraction of sp³-hybridized carbons (Fsp3) is 0.130. The van der Waals surface area contributed by atoms with Gasteiger partial charge >= 0.3 is 5.97 Å². The van der Waals surface area contributed by atoms with E-state index in [1.54, 1.807) is 6.92 Å². The summed E-state index contributed by atoms with van der Waals surface area (Å²) in [6.45, 7) is 2.03. The van der Waals surface area contributed by atoms with Crippen molar-refractivity contribution in [3.63, 3.8) is 0 Å². The first-order valence-corrected chi connectivity index (χ1v) is 13.7. The predicted molar refractivity (Wildman–Crippen MR) is 131 cm³/mol. The molecule has 2 aliphatic heterocycles. The van der Waals surface area contributed by atoms with Gasteiger partial charge in [-0.1, -0.05) is 6.07 Å². The van der Waals surface area contributed by atoms with Gasteiger partial charge in [0.25, 0.3) is 26.1 Å². The molecule has 0 saturated carbocycles. The number of esters is 1. The van der Waals surface area contributed by atoms with Crippen molar-refractivity contribution in [3.8, 4) is 11.5 Å². The molecule has 0 atom stereocenters. The van der Waals surface area contributed by atoms with Gasteiger partial charge in [-0.05, 0) is 43.3 Å². The lowest BCUT2D eigenvalue weighted by Crippen LogP contribution is -2.34. The molecule has 38 heavy (non-hydrogen) atoms. The summed E-state index contributed by atoms with van der Waals surface area (Å²) in [6, 6.07) is 8.88. The Morgan fingerprint density at radius 1 is 0.895 bits per heavy atom. The van der Waals surface area contributed by atoms with Crippen LogP contribution in [0.25, 0.3) is 0 Å². The molecular formula is C23H19N3O10S2. The molecule has 0 radical (unpaired) electrons. The van der Waals surface area contributed by atoms with E-state index in [0.29, 0.717) is 6.54 Å². The highest BCUT2D eigenvalue weighted by Gasteiger charge is 2.56. The van der Waals surface area contributed by atoms with Crippen molar-refractivity contribution in [1.82, 2.24) is 5.32 Å². The first-order valence-electron chi connectivity index (χ1n) is 10.9. The predicted octanol–water partition coefficient (Wildman–Crippen LogP) is 1.66. The van der Waals surface area contributed by atoms with E-state index >= 15 is 0 Å². The standard InChI is InChI=1S/C23H19N3O10S2/c1-2-26-21(27)10-3-4-12-11(9-10)22(28)36-23(12)13-5-7-15(24)19(37(29,30)31)17(13)35-18-14(23)6-8-16(25)20(18)38(32,33)34/h3-9H,2,24-25H2,1H3,(H,26,27)(H,29,30,31)(H,32,33,34). The highest BCUT2D eigenvalue weighted by Crippen LogP contribution is 2.59. The van der Waals surface area contributed by atoms with Crippen molar-refractivity contribution in [3.05, 3.63) is 70.3 Å². The van der Waals surface area contributed by atoms with Crippen molar-refractivity contribution >= 4 is 43.5 Å². The Bertz CT molecular complexity index is 1710. The van der Waals surface area contributed by atoms with Gasteiger partial charge in [0.05, 0.1) is 16.9 Å². The summed E-state index contributed by atoms with van der Waals surface area (Å²) in [5.74, 6) is -2.70. The molecule has 198 valence electrons. The number of nitrogens with one attached hydrogen (secondary N) is 1. The fourth-order valence-electron chi connectivity index (χ4n) is 4.77. The summed E-state index contributed by atoms with van der Waals surface area (Å²) in [5.41, 5.74) is 8.58. The molecular weight excluding hydrogens is 542 g/mol. The lowest BCUT2D eigenvalue weighted by molar-refractivity contribution is 0.0221. The Hall–Kier alpha value is -4.18. The molecule has 0 saturated heterocycles. The lowest BCUT2D eigenvalue weighted by Gasteiger charge is -2.37. The largest absolute Gasteiger partial charge is 0.453 e. The van der Waals surface area contributed by atoms with Gasteiger partial charge in [-0.15, -0.1) is 0 Å². The monoisotopic (exact) mass is 561 g/mol. The summed E-state index contributed by atoms with van der Waals surface area (Å²) in [5, 5.41) is 2.60. The summed E-state index contributed by atoms with van der Waals surface area (Å²) in [4.78, 5) is 23.8. The molecule has 2 heterocycles. The number of benzene rings is 3. The molecule has 7 N–H and O–H groups in total. The molecule has 0 fully saturated rings. The molecule has 0 unspecified atom stereocenters. The van der Waals surface area contributed by atoms with Gasteiger partial charge in [0, 0.05) is 28.8 Å². The average molecular weight is 562 g/mol. The molecule has 0 aromatic heterocycles. The number of nitrogen functional groups attached to an aromatic ring is 2. The van der Waals surface area contributed by atoms with Crippen LogP contribution in [0.3, 0.4) is 0 Å². The molecule has 1 spiro atoms. The van der Waals surface area contributed by atoms with E-state index in [0.717, 1.165) is 12.1 Å². The van der Waals surface area contributed by atoms with E-state index in [1.165, 1.54) is 30.3 Å². The maximum absolute atomic E-state index is 13.2. The van der Waals surface area contributed by atoms with Crippen molar-refractivity contribution in [1.29, 1.82) is 0 Å². The Morgan fingerprint density at radius 3 is 1.87 bits per heavy atom. The average Bonchev–Trinajstić information content (AvgIpc) is 3.09. The van der Waals surface area contributed by atoms with E-state index in [-0.39, 0.29) is 27.8 Å². The van der Waals surface area contributed by atoms with Crippen LogP contribution in [0.5, 0.6) is 11.5 Å². The van der Waals surface area contributed by atoms with Gasteiger partial charge in [-0.3, -0.25) is 13.9 Å². The zero-order chi connectivity index (χ0) is 27.8.